The van der Waals surface area contributed by atoms with E-state index in [0.29, 0.717) is 0 Å². The molecule has 4 atom stereocenters. The minimum Gasteiger partial charge on any atom is -0.388 e. The zero-order chi connectivity index (χ0) is 18.5. The lowest BCUT2D eigenvalue weighted by atomic mass is 10.1. The van der Waals surface area contributed by atoms with Crippen LogP contribution in [0.4, 0.5) is 5.95 Å². The van der Waals surface area contributed by atoms with Gasteiger partial charge in [0.1, 0.15) is 12.2 Å². The molecule has 1 aliphatic rings. The summed E-state index contributed by atoms with van der Waals surface area (Å²) in [6, 6.07) is -0.955. The molecule has 0 amide bonds. The van der Waals surface area contributed by atoms with E-state index in [1.54, 1.807) is 7.05 Å². The molecule has 25 heavy (non-hydrogen) atoms. The van der Waals surface area contributed by atoms with Crippen LogP contribution < -0.4 is 21.6 Å². The Labute approximate surface area is 140 Å². The largest absolute Gasteiger partial charge is 0.469 e. The van der Waals surface area contributed by atoms with Gasteiger partial charge in [-0.2, -0.15) is 0 Å². The van der Waals surface area contributed by atoms with E-state index < -0.39 is 44.5 Å². The molecule has 1 saturated heterocycles. The number of ether oxygens (including phenoxy) is 1. The molecule has 13 nitrogen and oxygen atoms in total. The highest BCUT2D eigenvalue weighted by Crippen LogP contribution is 2.37. The monoisotopic (exact) mass is 377 g/mol. The fraction of sp³-hybridized carbons (Fsp3) is 0.545. The smallest absolute Gasteiger partial charge is 0.388 e. The van der Waals surface area contributed by atoms with Gasteiger partial charge < -0.3 is 31.1 Å². The van der Waals surface area contributed by atoms with E-state index in [0.717, 1.165) is 0 Å². The SMILES string of the molecule is Cn1c[n+]([C@@H]2O[C@H](COP(=O)(O)O)[C@@H](O)[C@H]2N)c2nc(N)[nH]c(=O)c21. The van der Waals surface area contributed by atoms with Crippen molar-refractivity contribution >= 4 is 24.9 Å². The highest BCUT2D eigenvalue weighted by molar-refractivity contribution is 7.46. The van der Waals surface area contributed by atoms with Crippen molar-refractivity contribution in [1.82, 2.24) is 14.5 Å². The summed E-state index contributed by atoms with van der Waals surface area (Å²) in [5, 5.41) is 10.2. The van der Waals surface area contributed by atoms with Crippen molar-refractivity contribution in [2.24, 2.45) is 12.8 Å². The average Bonchev–Trinajstić information content (AvgIpc) is 2.95. The molecular formula is C11H18N6O7P+. The summed E-state index contributed by atoms with van der Waals surface area (Å²) >= 11 is 0. The summed E-state index contributed by atoms with van der Waals surface area (Å²) in [4.78, 5) is 36.0. The number of aromatic amines is 1. The van der Waals surface area contributed by atoms with Gasteiger partial charge in [0.15, 0.2) is 6.33 Å². The van der Waals surface area contributed by atoms with Gasteiger partial charge in [0.25, 0.3) is 11.5 Å². The van der Waals surface area contributed by atoms with Gasteiger partial charge in [-0.25, -0.2) is 9.13 Å². The second-order valence-electron chi connectivity index (χ2n) is 5.68. The third-order valence-corrected chi connectivity index (χ3v) is 4.38. The maximum absolute atomic E-state index is 12.0. The predicted octanol–water partition coefficient (Wildman–Crippen LogP) is -3.17. The molecule has 8 N–H and O–H groups in total. The second-order valence-corrected chi connectivity index (χ2v) is 6.92. The zero-order valence-corrected chi connectivity index (χ0v) is 13.9. The molecule has 0 spiro atoms. The maximum atomic E-state index is 12.0. The molecule has 1 fully saturated rings. The number of rotatable bonds is 4. The predicted molar refractivity (Wildman–Crippen MR) is 81.8 cm³/mol. The topological polar surface area (TPSA) is 203 Å². The number of phosphoric acid groups is 1. The Kier molecular flexibility index (Phi) is 4.41. The molecule has 0 unspecified atom stereocenters. The van der Waals surface area contributed by atoms with Crippen LogP contribution in [0.5, 0.6) is 0 Å². The Morgan fingerprint density at radius 1 is 1.56 bits per heavy atom. The minimum atomic E-state index is -4.72. The van der Waals surface area contributed by atoms with Crippen molar-refractivity contribution < 1.29 is 33.3 Å². The van der Waals surface area contributed by atoms with Crippen LogP contribution in [-0.4, -0.2) is 54.3 Å². The number of nitrogens with zero attached hydrogens (tertiary/aromatic N) is 3. The van der Waals surface area contributed by atoms with Gasteiger partial charge in [-0.05, 0) is 0 Å². The number of aliphatic hydroxyl groups excluding tert-OH is 1. The highest BCUT2D eigenvalue weighted by Gasteiger charge is 2.46. The molecular weight excluding hydrogens is 359 g/mol. The number of hydrogen-bond acceptors (Lipinski definition) is 8. The van der Waals surface area contributed by atoms with Gasteiger partial charge in [0, 0.05) is 0 Å². The van der Waals surface area contributed by atoms with Crippen molar-refractivity contribution in [3.8, 4) is 0 Å². The number of phosphoric ester groups is 1. The lowest BCUT2D eigenvalue weighted by molar-refractivity contribution is -0.740. The number of hydrogen-bond donors (Lipinski definition) is 6. The van der Waals surface area contributed by atoms with Crippen molar-refractivity contribution in [3.05, 3.63) is 16.7 Å². The summed E-state index contributed by atoms with van der Waals surface area (Å²) in [6.45, 7) is -0.558. The number of nitrogens with two attached hydrogens (primary N) is 2. The van der Waals surface area contributed by atoms with Crippen LogP contribution in [0.2, 0.25) is 0 Å². The van der Waals surface area contributed by atoms with E-state index >= 15 is 0 Å². The normalized spacial score (nSPS) is 27.2. The molecule has 0 aliphatic carbocycles. The first kappa shape index (κ1) is 17.9. The lowest BCUT2D eigenvalue weighted by Crippen LogP contribution is -2.50. The number of aryl methyl sites for hydroxylation is 1. The van der Waals surface area contributed by atoms with Crippen molar-refractivity contribution in [2.75, 3.05) is 12.3 Å². The van der Waals surface area contributed by atoms with E-state index in [1.165, 1.54) is 15.5 Å². The molecule has 0 aromatic carbocycles. The Balaban J connectivity index is 1.96. The van der Waals surface area contributed by atoms with Crippen LogP contribution in [0.1, 0.15) is 6.23 Å². The summed E-state index contributed by atoms with van der Waals surface area (Å²) < 4.78 is 23.7. The molecule has 2 aromatic heterocycles. The number of aliphatic hydroxyl groups is 1. The molecule has 3 heterocycles. The third-order valence-electron chi connectivity index (χ3n) is 3.89. The standard InChI is InChI=1S/C11H17N6O7P/c1-16-3-17(8-6(16)9(19)15-11(13)14-8)10-5(12)7(18)4(24-10)2-23-25(20,21)22/h3-5,7,10,18H,2,12H2,1H3,(H4-,13,14,15,19,20,21,22)/p+1/t4-,5-,7-,10-/m1/s1. The van der Waals surface area contributed by atoms with Crippen LogP contribution in [-0.2, 0) is 20.9 Å². The molecule has 14 heteroatoms. The Hall–Kier alpha value is -1.86. The van der Waals surface area contributed by atoms with Gasteiger partial charge in [-0.3, -0.25) is 18.9 Å². The highest BCUT2D eigenvalue weighted by atomic mass is 31.2. The first-order valence-electron chi connectivity index (χ1n) is 7.13. The fourth-order valence-corrected chi connectivity index (χ4v) is 3.12. The van der Waals surface area contributed by atoms with Crippen molar-refractivity contribution in [3.63, 3.8) is 0 Å². The van der Waals surface area contributed by atoms with Gasteiger partial charge in [-0.15, -0.1) is 0 Å². The third kappa shape index (κ3) is 3.30. The first-order chi connectivity index (χ1) is 11.6. The van der Waals surface area contributed by atoms with E-state index in [1.807, 2.05) is 0 Å². The molecule has 0 bridgehead atoms. The van der Waals surface area contributed by atoms with E-state index in [9.17, 15) is 14.5 Å². The Bertz CT molecular complexity index is 906. The number of aromatic nitrogens is 4. The zero-order valence-electron chi connectivity index (χ0n) is 13.0. The molecule has 1 aliphatic heterocycles. The number of H-pyrrole nitrogens is 1. The number of fused-ring (bicyclic) bond motifs is 1. The second kappa shape index (κ2) is 6.14. The molecule has 3 rings (SSSR count). The van der Waals surface area contributed by atoms with Gasteiger partial charge >= 0.3 is 13.5 Å². The van der Waals surface area contributed by atoms with Gasteiger partial charge in [0.05, 0.1) is 19.7 Å². The van der Waals surface area contributed by atoms with Crippen molar-refractivity contribution in [2.45, 2.75) is 24.5 Å². The van der Waals surface area contributed by atoms with Crippen molar-refractivity contribution in [1.29, 1.82) is 0 Å². The van der Waals surface area contributed by atoms with E-state index in [4.69, 9.17) is 26.0 Å². The van der Waals surface area contributed by atoms with Crippen LogP contribution in [0.25, 0.3) is 11.2 Å². The summed E-state index contributed by atoms with van der Waals surface area (Å²) in [5.41, 5.74) is 11.5. The molecule has 0 radical (unpaired) electrons. The number of nitrogens with one attached hydrogen (secondary N) is 1. The maximum Gasteiger partial charge on any atom is 0.469 e. The lowest BCUT2D eigenvalue weighted by Gasteiger charge is -2.14. The van der Waals surface area contributed by atoms with E-state index in [2.05, 4.69) is 14.5 Å². The van der Waals surface area contributed by atoms with Crippen LogP contribution in [0, 0.1) is 0 Å². The minimum absolute atomic E-state index is 0.106. The first-order valence-corrected chi connectivity index (χ1v) is 8.66. The fourth-order valence-electron chi connectivity index (χ4n) is 2.78. The molecule has 138 valence electrons. The average molecular weight is 377 g/mol. The van der Waals surface area contributed by atoms with E-state index in [-0.39, 0.29) is 17.1 Å². The van der Waals surface area contributed by atoms with Crippen LogP contribution >= 0.6 is 7.82 Å². The quantitative estimate of drug-likeness (QED) is 0.233. The summed E-state index contributed by atoms with van der Waals surface area (Å²) in [5.74, 6) is -0.106. The number of imidazole rings is 1. The molecule has 0 saturated carbocycles. The van der Waals surface area contributed by atoms with Gasteiger partial charge in [-0.1, -0.05) is 4.98 Å². The Morgan fingerprint density at radius 2 is 2.24 bits per heavy atom. The number of anilines is 1. The van der Waals surface area contributed by atoms with Crippen LogP contribution in [0.15, 0.2) is 11.1 Å². The summed E-state index contributed by atoms with van der Waals surface area (Å²) in [6.07, 6.45) is -1.78. The van der Waals surface area contributed by atoms with Gasteiger partial charge in [0.2, 0.25) is 11.7 Å². The molecule has 2 aromatic rings. The summed E-state index contributed by atoms with van der Waals surface area (Å²) in [7, 11) is -3.11. The Morgan fingerprint density at radius 3 is 2.88 bits per heavy atom. The number of nitrogen functional groups attached to an aromatic ring is 1. The van der Waals surface area contributed by atoms with Crippen LogP contribution in [0.3, 0.4) is 0 Å².